The molecule has 0 unspecified atom stereocenters. The van der Waals surface area contributed by atoms with Gasteiger partial charge >= 0.3 is 0 Å². The van der Waals surface area contributed by atoms with E-state index in [0.29, 0.717) is 17.2 Å². The fourth-order valence-electron chi connectivity index (χ4n) is 0.642. The van der Waals surface area contributed by atoms with Crippen LogP contribution in [0.15, 0.2) is 0 Å². The highest BCUT2D eigenvalue weighted by molar-refractivity contribution is 7.81. The van der Waals surface area contributed by atoms with Gasteiger partial charge in [-0.1, -0.05) is 0 Å². The Morgan fingerprint density at radius 3 is 2.73 bits per heavy atom. The molecule has 1 rings (SSSR count). The van der Waals surface area contributed by atoms with Crippen LogP contribution in [-0.2, 0) is 0 Å². The monoisotopic (exact) mass is 186 g/mol. The number of aryl methyl sites for hydroxylation is 1. The Labute approximate surface area is 76.3 Å². The van der Waals surface area contributed by atoms with Crippen molar-refractivity contribution in [2.45, 2.75) is 6.92 Å². The lowest BCUT2D eigenvalue weighted by atomic mass is 9.81. The molecule has 0 aromatic carbocycles. The molecule has 57 valence electrons. The van der Waals surface area contributed by atoms with Gasteiger partial charge in [0.05, 0.1) is 5.72 Å². The summed E-state index contributed by atoms with van der Waals surface area (Å²) in [6, 6.07) is 0. The highest BCUT2D eigenvalue weighted by Gasteiger charge is 2.00. The molecule has 3 nitrogen and oxygen atoms in total. The maximum Gasteiger partial charge on any atom is 0.224 e. The molecule has 1 heterocycles. The van der Waals surface area contributed by atoms with Crippen LogP contribution in [0.25, 0.3) is 0 Å². The standard InChI is InChI=1S/C5H6BClN3S/c1-3-8-4(6-2-11)10-5(7)9-3/h11H,2H2,1H3. The predicted molar refractivity (Wildman–Crippen MR) is 48.8 cm³/mol. The first kappa shape index (κ1) is 8.81. The molecule has 0 aliphatic rings. The minimum Gasteiger partial charge on any atom is -0.230 e. The Hall–Kier alpha value is -0.285. The summed E-state index contributed by atoms with van der Waals surface area (Å²) in [6.45, 7) is 1.77. The molecule has 0 atom stereocenters. The third-order valence-corrected chi connectivity index (χ3v) is 1.36. The number of hydrogen-bond acceptors (Lipinski definition) is 4. The molecule has 1 aromatic heterocycles. The molecule has 0 saturated carbocycles. The minimum absolute atomic E-state index is 0.227. The lowest BCUT2D eigenvalue weighted by Gasteiger charge is -1.96. The van der Waals surface area contributed by atoms with Gasteiger partial charge in [-0.25, -0.2) is 15.0 Å². The quantitative estimate of drug-likeness (QED) is 0.524. The molecule has 0 aliphatic heterocycles. The third kappa shape index (κ3) is 2.67. The molecule has 6 heteroatoms. The van der Waals surface area contributed by atoms with E-state index in [0.717, 1.165) is 0 Å². The number of hydrogen-bond donors (Lipinski definition) is 1. The maximum absolute atomic E-state index is 5.58. The number of rotatable bonds is 2. The van der Waals surface area contributed by atoms with E-state index in [9.17, 15) is 0 Å². The summed E-state index contributed by atoms with van der Waals surface area (Å²) in [5.74, 6) is 0.623. The van der Waals surface area contributed by atoms with Gasteiger partial charge in [0.2, 0.25) is 12.6 Å². The molecule has 0 spiro atoms. The van der Waals surface area contributed by atoms with Crippen LogP contribution in [0.3, 0.4) is 0 Å². The Kier molecular flexibility index (Phi) is 3.14. The summed E-state index contributed by atoms with van der Waals surface area (Å²) in [5.41, 5.74) is 1.18. The van der Waals surface area contributed by atoms with Gasteiger partial charge < -0.3 is 0 Å². The molecular weight excluding hydrogens is 180 g/mol. The lowest BCUT2D eigenvalue weighted by Crippen LogP contribution is -2.25. The van der Waals surface area contributed by atoms with Crippen LogP contribution in [0.4, 0.5) is 0 Å². The van der Waals surface area contributed by atoms with Gasteiger partial charge in [0.25, 0.3) is 0 Å². The maximum atomic E-state index is 5.58. The zero-order valence-corrected chi connectivity index (χ0v) is 7.60. The molecule has 0 amide bonds. The zero-order chi connectivity index (χ0) is 8.27. The Morgan fingerprint density at radius 1 is 1.45 bits per heavy atom. The van der Waals surface area contributed by atoms with Gasteiger partial charge in [0.1, 0.15) is 5.82 Å². The van der Waals surface area contributed by atoms with E-state index in [-0.39, 0.29) is 5.28 Å². The molecule has 11 heavy (non-hydrogen) atoms. The Morgan fingerprint density at radius 2 is 2.18 bits per heavy atom. The number of aromatic nitrogens is 3. The second-order valence-corrected chi connectivity index (χ2v) is 2.60. The molecule has 0 aliphatic carbocycles. The van der Waals surface area contributed by atoms with E-state index in [4.69, 9.17) is 11.6 Å². The van der Waals surface area contributed by atoms with Crippen molar-refractivity contribution in [1.29, 1.82) is 0 Å². The first-order valence-corrected chi connectivity index (χ1v) is 4.05. The highest BCUT2D eigenvalue weighted by Crippen LogP contribution is 1.94. The van der Waals surface area contributed by atoms with E-state index >= 15 is 0 Å². The summed E-state index contributed by atoms with van der Waals surface area (Å²) in [4.78, 5) is 11.7. The first-order valence-electron chi connectivity index (χ1n) is 3.04. The van der Waals surface area contributed by atoms with Crippen LogP contribution in [0, 0.1) is 6.92 Å². The molecule has 0 N–H and O–H groups in total. The summed E-state index contributed by atoms with van der Waals surface area (Å²) in [5, 5.41) is 0.227. The van der Waals surface area contributed by atoms with Crippen molar-refractivity contribution in [3.63, 3.8) is 0 Å². The second-order valence-electron chi connectivity index (χ2n) is 1.90. The van der Waals surface area contributed by atoms with E-state index in [1.165, 1.54) is 0 Å². The Balaban J connectivity index is 2.89. The zero-order valence-electron chi connectivity index (χ0n) is 5.95. The van der Waals surface area contributed by atoms with E-state index in [1.807, 2.05) is 0 Å². The summed E-state index contributed by atoms with van der Waals surface area (Å²) in [6.07, 6.45) is 0. The summed E-state index contributed by atoms with van der Waals surface area (Å²) in [7, 11) is 1.77. The molecule has 1 radical (unpaired) electrons. The molecule has 1 aromatic rings. The van der Waals surface area contributed by atoms with Crippen molar-refractivity contribution < 1.29 is 0 Å². The van der Waals surface area contributed by atoms with Crippen LogP contribution < -0.4 is 5.72 Å². The van der Waals surface area contributed by atoms with Gasteiger partial charge in [-0.15, -0.1) is 0 Å². The number of nitrogens with zero attached hydrogens (tertiary/aromatic N) is 3. The van der Waals surface area contributed by atoms with Crippen molar-refractivity contribution in [3.05, 3.63) is 11.1 Å². The van der Waals surface area contributed by atoms with Crippen molar-refractivity contribution in [2.24, 2.45) is 0 Å². The van der Waals surface area contributed by atoms with Gasteiger partial charge in [-0.3, -0.25) is 0 Å². The average Bonchev–Trinajstić information content (AvgIpc) is 1.85. The van der Waals surface area contributed by atoms with Crippen LogP contribution in [0.5, 0.6) is 0 Å². The number of thiol groups is 1. The van der Waals surface area contributed by atoms with Crippen molar-refractivity contribution in [2.75, 3.05) is 5.65 Å². The minimum atomic E-state index is 0.227. The average molecular weight is 186 g/mol. The van der Waals surface area contributed by atoms with Crippen molar-refractivity contribution in [3.8, 4) is 0 Å². The second kappa shape index (κ2) is 3.92. The fraction of sp³-hybridized carbons (Fsp3) is 0.400. The van der Waals surface area contributed by atoms with Gasteiger partial charge in [-0.2, -0.15) is 12.6 Å². The molecule has 0 bridgehead atoms. The molecule has 0 fully saturated rings. The van der Waals surface area contributed by atoms with Gasteiger partial charge in [-0.05, 0) is 24.2 Å². The van der Waals surface area contributed by atoms with E-state index in [2.05, 4.69) is 27.6 Å². The fourth-order valence-corrected chi connectivity index (χ4v) is 1.01. The van der Waals surface area contributed by atoms with E-state index in [1.54, 1.807) is 14.2 Å². The van der Waals surface area contributed by atoms with Gasteiger partial charge in [0, 0.05) is 0 Å². The third-order valence-electron chi connectivity index (χ3n) is 1.01. The SMILES string of the molecule is Cc1nc(Cl)nc([B]CS)n1. The molecular formula is C5H6BClN3S. The van der Waals surface area contributed by atoms with E-state index < -0.39 is 0 Å². The van der Waals surface area contributed by atoms with Gasteiger partial charge in [0.15, 0.2) is 0 Å². The Bertz CT molecular complexity index is 237. The summed E-state index contributed by atoms with van der Waals surface area (Å²) < 4.78 is 0. The van der Waals surface area contributed by atoms with Crippen molar-refractivity contribution in [1.82, 2.24) is 15.0 Å². The van der Waals surface area contributed by atoms with Crippen LogP contribution >= 0.6 is 24.2 Å². The smallest absolute Gasteiger partial charge is 0.224 e. The predicted octanol–water partition coefficient (Wildman–Crippen LogP) is 0.0502. The van der Waals surface area contributed by atoms with Crippen LogP contribution in [0.1, 0.15) is 5.82 Å². The highest BCUT2D eigenvalue weighted by atomic mass is 35.5. The first-order chi connectivity index (χ1) is 5.22. The lowest BCUT2D eigenvalue weighted by molar-refractivity contribution is 1.01. The molecule has 0 saturated heterocycles. The number of halogens is 1. The largest absolute Gasteiger partial charge is 0.230 e. The van der Waals surface area contributed by atoms with Crippen LogP contribution in [0.2, 0.25) is 5.28 Å². The summed E-state index contributed by atoms with van der Waals surface area (Å²) >= 11 is 9.58. The van der Waals surface area contributed by atoms with Crippen LogP contribution in [-0.4, -0.2) is 27.9 Å². The topological polar surface area (TPSA) is 38.7 Å². The van der Waals surface area contributed by atoms with Crippen molar-refractivity contribution >= 4 is 37.2 Å². The normalized spacial score (nSPS) is 9.73.